The van der Waals surface area contributed by atoms with Crippen LogP contribution in [-0.4, -0.2) is 59.2 Å². The molecule has 1 N–H and O–H groups in total. The number of rotatable bonds is 8. The van der Waals surface area contributed by atoms with Gasteiger partial charge in [-0.05, 0) is 31.4 Å². The molecule has 1 fully saturated rings. The maximum atomic E-state index is 12.7. The summed E-state index contributed by atoms with van der Waals surface area (Å²) >= 11 is 1.31. The summed E-state index contributed by atoms with van der Waals surface area (Å²) in [5.41, 5.74) is 1.21. The summed E-state index contributed by atoms with van der Waals surface area (Å²) in [4.78, 5) is 45.5. The number of piperidine rings is 1. The van der Waals surface area contributed by atoms with Crippen LogP contribution >= 0.6 is 11.3 Å². The first kappa shape index (κ1) is 22.9. The van der Waals surface area contributed by atoms with Gasteiger partial charge >= 0.3 is 0 Å². The highest BCUT2D eigenvalue weighted by molar-refractivity contribution is 7.14. The van der Waals surface area contributed by atoms with Crippen LogP contribution in [0.3, 0.4) is 0 Å². The van der Waals surface area contributed by atoms with E-state index >= 15 is 0 Å². The van der Waals surface area contributed by atoms with Gasteiger partial charge in [-0.2, -0.15) is 0 Å². The Morgan fingerprint density at radius 2 is 1.90 bits per heavy atom. The molecular weight excluding hydrogens is 412 g/mol. The van der Waals surface area contributed by atoms with Crippen LogP contribution in [0.25, 0.3) is 0 Å². The number of amides is 3. The molecule has 0 atom stereocenters. The summed E-state index contributed by atoms with van der Waals surface area (Å²) in [7, 11) is 1.87. The lowest BCUT2D eigenvalue weighted by atomic mass is 9.95. The number of nitrogens with zero attached hydrogens (tertiary/aromatic N) is 3. The van der Waals surface area contributed by atoms with E-state index in [4.69, 9.17) is 0 Å². The van der Waals surface area contributed by atoms with E-state index in [-0.39, 0.29) is 30.1 Å². The van der Waals surface area contributed by atoms with Crippen molar-refractivity contribution in [1.82, 2.24) is 14.8 Å². The van der Waals surface area contributed by atoms with Crippen molar-refractivity contribution in [3.8, 4) is 0 Å². The number of benzene rings is 1. The van der Waals surface area contributed by atoms with E-state index in [1.54, 1.807) is 29.6 Å². The quantitative estimate of drug-likeness (QED) is 0.679. The number of carbonyl (C=O) groups is 3. The van der Waals surface area contributed by atoms with Gasteiger partial charge in [-0.1, -0.05) is 31.5 Å². The van der Waals surface area contributed by atoms with Crippen LogP contribution in [0.15, 0.2) is 35.7 Å². The van der Waals surface area contributed by atoms with Crippen LogP contribution in [0, 0.1) is 5.92 Å². The van der Waals surface area contributed by atoms with E-state index in [1.807, 2.05) is 22.9 Å². The predicted molar refractivity (Wildman–Crippen MR) is 122 cm³/mol. The second kappa shape index (κ2) is 11.0. The Morgan fingerprint density at radius 3 is 2.58 bits per heavy atom. The molecule has 1 saturated heterocycles. The zero-order chi connectivity index (χ0) is 22.2. The minimum Gasteiger partial charge on any atom is -0.346 e. The molecule has 1 aliphatic rings. The summed E-state index contributed by atoms with van der Waals surface area (Å²) in [6, 6.07) is 8.95. The van der Waals surface area contributed by atoms with E-state index in [2.05, 4.69) is 17.2 Å². The molecule has 0 spiro atoms. The molecule has 0 saturated carbocycles. The molecule has 8 heteroatoms. The molecule has 3 rings (SSSR count). The highest BCUT2D eigenvalue weighted by Crippen LogP contribution is 2.22. The number of nitrogens with one attached hydrogen (secondary N) is 1. The average Bonchev–Trinajstić information content (AvgIpc) is 3.24. The van der Waals surface area contributed by atoms with Crippen LogP contribution in [0.1, 0.15) is 48.7 Å². The largest absolute Gasteiger partial charge is 0.346 e. The monoisotopic (exact) mass is 442 g/mol. The summed E-state index contributed by atoms with van der Waals surface area (Å²) in [6.07, 6.45) is 3.69. The lowest BCUT2D eigenvalue weighted by Crippen LogP contribution is -2.44. The average molecular weight is 443 g/mol. The van der Waals surface area contributed by atoms with E-state index in [9.17, 15) is 14.4 Å². The first-order valence-electron chi connectivity index (χ1n) is 10.8. The fourth-order valence-electron chi connectivity index (χ4n) is 3.66. The van der Waals surface area contributed by atoms with Gasteiger partial charge in [0.1, 0.15) is 0 Å². The third kappa shape index (κ3) is 6.37. The highest BCUT2D eigenvalue weighted by atomic mass is 32.1. The Hall–Kier alpha value is -2.74. The highest BCUT2D eigenvalue weighted by Gasteiger charge is 2.29. The van der Waals surface area contributed by atoms with Crippen molar-refractivity contribution in [3.63, 3.8) is 0 Å². The zero-order valence-corrected chi connectivity index (χ0v) is 19.0. The molecule has 2 heterocycles. The van der Waals surface area contributed by atoms with Gasteiger partial charge < -0.3 is 9.80 Å². The summed E-state index contributed by atoms with van der Waals surface area (Å²) in [5.74, 6) is -0.0104. The van der Waals surface area contributed by atoms with Gasteiger partial charge in [0.05, 0.1) is 12.1 Å². The van der Waals surface area contributed by atoms with Gasteiger partial charge in [0.2, 0.25) is 11.8 Å². The Bertz CT molecular complexity index is 891. The Balaban J connectivity index is 1.46. The number of anilines is 1. The standard InChI is InChI=1S/C23H30N4O3S/c1-3-4-12-26(2)22(30)18-10-13-27(14-11-18)20(28)15-19-16-31-23(24-19)25-21(29)17-8-6-5-7-9-17/h5-9,16,18H,3-4,10-15H2,1-2H3,(H,24,25,29). The summed E-state index contributed by atoms with van der Waals surface area (Å²) in [6.45, 7) is 4.10. The number of likely N-dealkylation sites (tertiary alicyclic amines) is 1. The summed E-state index contributed by atoms with van der Waals surface area (Å²) in [5, 5.41) is 5.06. The molecule has 0 radical (unpaired) electrons. The van der Waals surface area contributed by atoms with Crippen molar-refractivity contribution in [3.05, 3.63) is 47.0 Å². The topological polar surface area (TPSA) is 82.6 Å². The Morgan fingerprint density at radius 1 is 1.19 bits per heavy atom. The maximum Gasteiger partial charge on any atom is 0.257 e. The van der Waals surface area contributed by atoms with Gasteiger partial charge in [0, 0.05) is 43.5 Å². The van der Waals surface area contributed by atoms with Gasteiger partial charge in [0.25, 0.3) is 5.91 Å². The SMILES string of the molecule is CCCCN(C)C(=O)C1CCN(C(=O)Cc2csc(NC(=O)c3ccccc3)n2)CC1. The molecule has 0 aliphatic carbocycles. The second-order valence-electron chi connectivity index (χ2n) is 7.91. The molecule has 31 heavy (non-hydrogen) atoms. The predicted octanol–water partition coefficient (Wildman–Crippen LogP) is 3.44. The second-order valence-corrected chi connectivity index (χ2v) is 8.77. The van der Waals surface area contributed by atoms with Crippen molar-refractivity contribution in [1.29, 1.82) is 0 Å². The minimum absolute atomic E-state index is 0.00461. The van der Waals surface area contributed by atoms with Gasteiger partial charge in [-0.3, -0.25) is 19.7 Å². The van der Waals surface area contributed by atoms with Gasteiger partial charge in [0.15, 0.2) is 5.13 Å². The molecule has 1 aromatic heterocycles. The van der Waals surface area contributed by atoms with Crippen molar-refractivity contribution in [2.75, 3.05) is 32.0 Å². The van der Waals surface area contributed by atoms with E-state index in [0.717, 1.165) is 19.4 Å². The number of thiazole rings is 1. The normalized spacial score (nSPS) is 14.3. The molecular formula is C23H30N4O3S. The number of hydrogen-bond acceptors (Lipinski definition) is 5. The third-order valence-corrected chi connectivity index (χ3v) is 6.37. The van der Waals surface area contributed by atoms with Crippen molar-refractivity contribution < 1.29 is 14.4 Å². The lowest BCUT2D eigenvalue weighted by Gasteiger charge is -2.33. The lowest BCUT2D eigenvalue weighted by molar-refractivity contribution is -0.139. The minimum atomic E-state index is -0.219. The number of aromatic nitrogens is 1. The first-order chi connectivity index (χ1) is 15.0. The van der Waals surface area contributed by atoms with Crippen LogP contribution in [0.5, 0.6) is 0 Å². The number of carbonyl (C=O) groups excluding carboxylic acids is 3. The molecule has 0 unspecified atom stereocenters. The van der Waals surface area contributed by atoms with E-state index in [1.165, 1.54) is 11.3 Å². The zero-order valence-electron chi connectivity index (χ0n) is 18.2. The number of unbranched alkanes of at least 4 members (excludes halogenated alkanes) is 1. The molecule has 166 valence electrons. The fraction of sp³-hybridized carbons (Fsp3) is 0.478. The number of hydrogen-bond donors (Lipinski definition) is 1. The molecule has 3 amide bonds. The molecule has 7 nitrogen and oxygen atoms in total. The van der Waals surface area contributed by atoms with Crippen LogP contribution < -0.4 is 5.32 Å². The van der Waals surface area contributed by atoms with Crippen LogP contribution in [0.4, 0.5) is 5.13 Å². The van der Waals surface area contributed by atoms with Gasteiger partial charge in [-0.15, -0.1) is 11.3 Å². The van der Waals surface area contributed by atoms with Gasteiger partial charge in [-0.25, -0.2) is 4.98 Å². The van der Waals surface area contributed by atoms with Crippen molar-refractivity contribution in [2.24, 2.45) is 5.92 Å². The first-order valence-corrected chi connectivity index (χ1v) is 11.7. The Labute approximate surface area is 187 Å². The Kier molecular flexibility index (Phi) is 8.17. The van der Waals surface area contributed by atoms with E-state index in [0.29, 0.717) is 42.3 Å². The summed E-state index contributed by atoms with van der Waals surface area (Å²) < 4.78 is 0. The van der Waals surface area contributed by atoms with Crippen molar-refractivity contribution >= 4 is 34.2 Å². The smallest absolute Gasteiger partial charge is 0.257 e. The molecule has 2 aromatic rings. The van der Waals surface area contributed by atoms with Crippen LogP contribution in [0.2, 0.25) is 0 Å². The van der Waals surface area contributed by atoms with Crippen LogP contribution in [-0.2, 0) is 16.0 Å². The fourth-order valence-corrected chi connectivity index (χ4v) is 4.37. The van der Waals surface area contributed by atoms with Crippen molar-refractivity contribution in [2.45, 2.75) is 39.0 Å². The maximum absolute atomic E-state index is 12.7. The molecule has 0 bridgehead atoms. The molecule has 1 aromatic carbocycles. The van der Waals surface area contributed by atoms with E-state index < -0.39 is 0 Å². The third-order valence-electron chi connectivity index (χ3n) is 5.56. The molecule has 1 aliphatic heterocycles.